The third-order valence-corrected chi connectivity index (χ3v) is 3.74. The highest BCUT2D eigenvalue weighted by atomic mass is 35.5. The summed E-state index contributed by atoms with van der Waals surface area (Å²) in [7, 11) is 0. The van der Waals surface area contributed by atoms with Crippen molar-refractivity contribution in [2.45, 2.75) is 12.5 Å². The van der Waals surface area contributed by atoms with Gasteiger partial charge in [-0.3, -0.25) is 4.79 Å². The highest BCUT2D eigenvalue weighted by Gasteiger charge is 2.14. The first kappa shape index (κ1) is 15.8. The Hall–Kier alpha value is -1.55. The van der Waals surface area contributed by atoms with E-state index in [1.165, 1.54) is 0 Å². The van der Waals surface area contributed by atoms with Gasteiger partial charge in [0.2, 0.25) is 5.91 Å². The molecule has 0 radical (unpaired) electrons. The molecule has 2 aromatic carbocycles. The predicted octanol–water partition coefficient (Wildman–Crippen LogP) is 3.35. The Balaban J connectivity index is 1.87. The zero-order chi connectivity index (χ0) is 15.2. The van der Waals surface area contributed by atoms with Crippen LogP contribution in [0.5, 0.6) is 0 Å². The van der Waals surface area contributed by atoms with Gasteiger partial charge in [0.05, 0.1) is 0 Å². The molecule has 0 fully saturated rings. The standard InChI is InChI=1S/C16H16Cl2N2O/c17-13-7-6-11(14(18)10-13)8-9-20-16(21)15(19)12-4-2-1-3-5-12/h1-7,10,15H,8-9,19H2,(H,20,21)/t15-/m0/s1. The Morgan fingerprint density at radius 3 is 2.52 bits per heavy atom. The van der Waals surface area contributed by atoms with E-state index in [1.54, 1.807) is 12.1 Å². The first-order valence-electron chi connectivity index (χ1n) is 6.60. The van der Waals surface area contributed by atoms with E-state index in [0.717, 1.165) is 11.1 Å². The van der Waals surface area contributed by atoms with E-state index in [0.29, 0.717) is 23.0 Å². The molecule has 3 nitrogen and oxygen atoms in total. The zero-order valence-electron chi connectivity index (χ0n) is 11.4. The average molecular weight is 323 g/mol. The van der Waals surface area contributed by atoms with Gasteiger partial charge in [-0.2, -0.15) is 0 Å². The van der Waals surface area contributed by atoms with Gasteiger partial charge in [0.1, 0.15) is 6.04 Å². The first-order chi connectivity index (χ1) is 10.1. The molecule has 3 N–H and O–H groups in total. The molecule has 21 heavy (non-hydrogen) atoms. The summed E-state index contributed by atoms with van der Waals surface area (Å²) in [6, 6.07) is 13.9. The van der Waals surface area contributed by atoms with Crippen LogP contribution in [0.2, 0.25) is 10.0 Å². The van der Waals surface area contributed by atoms with E-state index >= 15 is 0 Å². The van der Waals surface area contributed by atoms with Gasteiger partial charge in [0.15, 0.2) is 0 Å². The highest BCUT2D eigenvalue weighted by Crippen LogP contribution is 2.21. The number of carbonyl (C=O) groups excluding carboxylic acids is 1. The van der Waals surface area contributed by atoms with Crippen LogP contribution in [0.4, 0.5) is 0 Å². The number of benzene rings is 2. The molecule has 0 heterocycles. The Bertz CT molecular complexity index is 617. The Labute approximate surface area is 134 Å². The van der Waals surface area contributed by atoms with Crippen LogP contribution in [0.3, 0.4) is 0 Å². The zero-order valence-corrected chi connectivity index (χ0v) is 12.9. The topological polar surface area (TPSA) is 55.1 Å². The van der Waals surface area contributed by atoms with E-state index in [4.69, 9.17) is 28.9 Å². The van der Waals surface area contributed by atoms with Crippen molar-refractivity contribution in [3.8, 4) is 0 Å². The third kappa shape index (κ3) is 4.46. The largest absolute Gasteiger partial charge is 0.354 e. The number of nitrogens with one attached hydrogen (secondary N) is 1. The van der Waals surface area contributed by atoms with Crippen LogP contribution in [0.1, 0.15) is 17.2 Å². The average Bonchev–Trinajstić information content (AvgIpc) is 2.49. The van der Waals surface area contributed by atoms with Crippen molar-refractivity contribution < 1.29 is 4.79 Å². The van der Waals surface area contributed by atoms with Crippen molar-refractivity contribution in [3.63, 3.8) is 0 Å². The number of halogens is 2. The van der Waals surface area contributed by atoms with Gasteiger partial charge in [0, 0.05) is 16.6 Å². The van der Waals surface area contributed by atoms with E-state index < -0.39 is 6.04 Å². The van der Waals surface area contributed by atoms with Crippen molar-refractivity contribution in [2.75, 3.05) is 6.54 Å². The molecule has 1 amide bonds. The van der Waals surface area contributed by atoms with Crippen LogP contribution in [0.15, 0.2) is 48.5 Å². The molecule has 2 aromatic rings. The lowest BCUT2D eigenvalue weighted by Gasteiger charge is -2.13. The molecule has 5 heteroatoms. The smallest absolute Gasteiger partial charge is 0.241 e. The van der Waals surface area contributed by atoms with Crippen molar-refractivity contribution in [2.24, 2.45) is 5.73 Å². The lowest BCUT2D eigenvalue weighted by molar-refractivity contribution is -0.122. The van der Waals surface area contributed by atoms with Gasteiger partial charge >= 0.3 is 0 Å². The minimum atomic E-state index is -0.660. The molecule has 0 saturated heterocycles. The van der Waals surface area contributed by atoms with Crippen LogP contribution in [-0.4, -0.2) is 12.5 Å². The number of carbonyl (C=O) groups is 1. The summed E-state index contributed by atoms with van der Waals surface area (Å²) < 4.78 is 0. The molecule has 0 aliphatic heterocycles. The number of amides is 1. The summed E-state index contributed by atoms with van der Waals surface area (Å²) in [6.45, 7) is 0.473. The monoisotopic (exact) mass is 322 g/mol. The van der Waals surface area contributed by atoms with Gasteiger partial charge in [0.25, 0.3) is 0 Å². The van der Waals surface area contributed by atoms with E-state index in [2.05, 4.69) is 5.32 Å². The van der Waals surface area contributed by atoms with Crippen molar-refractivity contribution in [1.29, 1.82) is 0 Å². The summed E-state index contributed by atoms with van der Waals surface area (Å²) in [4.78, 5) is 12.0. The lowest BCUT2D eigenvalue weighted by atomic mass is 10.1. The van der Waals surface area contributed by atoms with Crippen LogP contribution in [0, 0.1) is 0 Å². The van der Waals surface area contributed by atoms with Gasteiger partial charge in [-0.25, -0.2) is 0 Å². The normalized spacial score (nSPS) is 12.0. The summed E-state index contributed by atoms with van der Waals surface area (Å²) in [5.41, 5.74) is 7.64. The van der Waals surface area contributed by atoms with E-state index in [1.807, 2.05) is 36.4 Å². The van der Waals surface area contributed by atoms with Crippen molar-refractivity contribution in [1.82, 2.24) is 5.32 Å². The maximum Gasteiger partial charge on any atom is 0.241 e. The summed E-state index contributed by atoms with van der Waals surface area (Å²) in [5, 5.41) is 4.01. The Morgan fingerprint density at radius 1 is 1.14 bits per heavy atom. The lowest BCUT2D eigenvalue weighted by Crippen LogP contribution is -2.35. The Morgan fingerprint density at radius 2 is 1.86 bits per heavy atom. The summed E-state index contributed by atoms with van der Waals surface area (Å²) in [6.07, 6.45) is 0.628. The number of hydrogen-bond acceptors (Lipinski definition) is 2. The van der Waals surface area contributed by atoms with Crippen molar-refractivity contribution >= 4 is 29.1 Å². The molecular formula is C16H16Cl2N2O. The molecule has 1 atom stereocenters. The van der Waals surface area contributed by atoms with Crippen LogP contribution < -0.4 is 11.1 Å². The number of nitrogens with two attached hydrogens (primary N) is 1. The Kier molecular flexibility index (Phi) is 5.62. The van der Waals surface area contributed by atoms with Crippen LogP contribution in [-0.2, 0) is 11.2 Å². The van der Waals surface area contributed by atoms with E-state index in [9.17, 15) is 4.79 Å². The molecule has 0 aliphatic carbocycles. The fraction of sp³-hybridized carbons (Fsp3) is 0.188. The summed E-state index contributed by atoms with van der Waals surface area (Å²) in [5.74, 6) is -0.203. The van der Waals surface area contributed by atoms with Gasteiger partial charge in [-0.05, 0) is 29.7 Å². The van der Waals surface area contributed by atoms with Crippen LogP contribution in [0.25, 0.3) is 0 Å². The quantitative estimate of drug-likeness (QED) is 0.886. The van der Waals surface area contributed by atoms with Crippen molar-refractivity contribution in [3.05, 3.63) is 69.7 Å². The van der Waals surface area contributed by atoms with E-state index in [-0.39, 0.29) is 5.91 Å². The SMILES string of the molecule is N[C@H](C(=O)NCCc1ccc(Cl)cc1Cl)c1ccccc1. The fourth-order valence-electron chi connectivity index (χ4n) is 1.97. The molecule has 110 valence electrons. The maximum atomic E-state index is 12.0. The molecule has 0 aromatic heterocycles. The van der Waals surface area contributed by atoms with Crippen LogP contribution >= 0.6 is 23.2 Å². The second-order valence-corrected chi connectivity index (χ2v) is 5.51. The maximum absolute atomic E-state index is 12.0. The second kappa shape index (κ2) is 7.46. The molecule has 2 rings (SSSR count). The highest BCUT2D eigenvalue weighted by molar-refractivity contribution is 6.35. The molecule has 0 saturated carbocycles. The molecule has 0 bridgehead atoms. The molecular weight excluding hydrogens is 307 g/mol. The molecule has 0 aliphatic rings. The minimum absolute atomic E-state index is 0.203. The predicted molar refractivity (Wildman–Crippen MR) is 86.5 cm³/mol. The first-order valence-corrected chi connectivity index (χ1v) is 7.35. The van der Waals surface area contributed by atoms with Gasteiger partial charge in [-0.15, -0.1) is 0 Å². The minimum Gasteiger partial charge on any atom is -0.354 e. The molecule has 0 spiro atoms. The summed E-state index contributed by atoms with van der Waals surface area (Å²) >= 11 is 11.9. The van der Waals surface area contributed by atoms with Gasteiger partial charge in [-0.1, -0.05) is 59.6 Å². The third-order valence-electron chi connectivity index (χ3n) is 3.15. The number of rotatable bonds is 5. The van der Waals surface area contributed by atoms with Gasteiger partial charge < -0.3 is 11.1 Å². The molecule has 0 unspecified atom stereocenters. The second-order valence-electron chi connectivity index (χ2n) is 4.67. The fourth-order valence-corrected chi connectivity index (χ4v) is 2.47. The number of hydrogen-bond donors (Lipinski definition) is 2.